The summed E-state index contributed by atoms with van der Waals surface area (Å²) in [6.07, 6.45) is 7.89. The van der Waals surface area contributed by atoms with Crippen molar-refractivity contribution in [2.75, 3.05) is 65.4 Å². The molecule has 8 nitrogen and oxygen atoms in total. The van der Waals surface area contributed by atoms with E-state index in [4.69, 9.17) is 15.9 Å². The van der Waals surface area contributed by atoms with Gasteiger partial charge in [0, 0.05) is 38.3 Å². The van der Waals surface area contributed by atoms with Crippen molar-refractivity contribution in [1.29, 1.82) is 0 Å². The van der Waals surface area contributed by atoms with Crippen LogP contribution in [0.1, 0.15) is 32.1 Å². The van der Waals surface area contributed by atoms with Crippen LogP contribution in [-0.4, -0.2) is 102 Å². The molecule has 0 bridgehead atoms. The fourth-order valence-corrected chi connectivity index (χ4v) is 3.39. The Morgan fingerprint density at radius 3 is 1.52 bits per heavy atom. The second-order valence-electron chi connectivity index (χ2n) is 7.09. The summed E-state index contributed by atoms with van der Waals surface area (Å²) >= 11 is 0. The summed E-state index contributed by atoms with van der Waals surface area (Å²) in [6.45, 7) is 12.3. The second-order valence-corrected chi connectivity index (χ2v) is 7.09. The van der Waals surface area contributed by atoms with E-state index < -0.39 is 11.9 Å². The molecule has 8 heteroatoms. The molecule has 2 aliphatic rings. The summed E-state index contributed by atoms with van der Waals surface area (Å²) < 4.78 is 0. The Kier molecular flexibility index (Phi) is 12.7. The molecule has 0 radical (unpaired) electrons. The number of aliphatic carboxylic acids is 2. The van der Waals surface area contributed by atoms with Gasteiger partial charge in [0.25, 0.3) is 0 Å². The molecule has 2 fully saturated rings. The normalized spacial score (nSPS) is 19.6. The molecule has 2 saturated heterocycles. The van der Waals surface area contributed by atoms with E-state index >= 15 is 0 Å². The van der Waals surface area contributed by atoms with Crippen LogP contribution in [-0.2, 0) is 9.59 Å². The van der Waals surface area contributed by atoms with Crippen molar-refractivity contribution in [3.05, 3.63) is 12.2 Å². The van der Waals surface area contributed by atoms with Crippen LogP contribution in [0, 0.1) is 0 Å². The van der Waals surface area contributed by atoms with E-state index in [0.29, 0.717) is 12.2 Å². The molecular formula is C19H36N4O4. The number of nitrogens with two attached hydrogens (primary N) is 1. The maximum Gasteiger partial charge on any atom is 0.328 e. The Morgan fingerprint density at radius 1 is 0.704 bits per heavy atom. The van der Waals surface area contributed by atoms with Gasteiger partial charge >= 0.3 is 11.9 Å². The van der Waals surface area contributed by atoms with Crippen molar-refractivity contribution in [2.24, 2.45) is 5.73 Å². The Balaban J connectivity index is 0.000000387. The van der Waals surface area contributed by atoms with Gasteiger partial charge in [-0.1, -0.05) is 6.42 Å². The SMILES string of the molecule is NCCCN1CCN(CCCN2CCCCC2)CC1.O=C(O)/C=C/C(=O)O. The van der Waals surface area contributed by atoms with Gasteiger partial charge in [0.05, 0.1) is 0 Å². The highest BCUT2D eigenvalue weighted by Gasteiger charge is 2.16. The number of carbonyl (C=O) groups is 2. The van der Waals surface area contributed by atoms with Gasteiger partial charge in [0.1, 0.15) is 0 Å². The number of piperazine rings is 1. The number of rotatable bonds is 9. The van der Waals surface area contributed by atoms with Gasteiger partial charge in [0.15, 0.2) is 0 Å². The predicted octanol–water partition coefficient (Wildman–Crippen LogP) is 0.541. The number of likely N-dealkylation sites (tertiary alicyclic amines) is 1. The first-order valence-electron chi connectivity index (χ1n) is 10.0. The molecule has 2 heterocycles. The van der Waals surface area contributed by atoms with Crippen LogP contribution in [0.3, 0.4) is 0 Å². The summed E-state index contributed by atoms with van der Waals surface area (Å²) in [5.74, 6) is -2.51. The van der Waals surface area contributed by atoms with E-state index in [-0.39, 0.29) is 0 Å². The van der Waals surface area contributed by atoms with Crippen molar-refractivity contribution in [2.45, 2.75) is 32.1 Å². The molecule has 0 aromatic heterocycles. The van der Waals surface area contributed by atoms with Gasteiger partial charge in [0.2, 0.25) is 0 Å². The molecular weight excluding hydrogens is 348 g/mol. The van der Waals surface area contributed by atoms with E-state index in [2.05, 4.69) is 14.7 Å². The first-order valence-corrected chi connectivity index (χ1v) is 10.0. The number of piperidine rings is 1. The number of hydrogen-bond donors (Lipinski definition) is 3. The first kappa shape index (κ1) is 23.6. The Bertz CT molecular complexity index is 429. The molecule has 0 aliphatic carbocycles. The molecule has 2 rings (SSSR count). The number of carboxylic acids is 2. The molecule has 156 valence electrons. The molecule has 0 spiro atoms. The number of nitrogens with zero attached hydrogens (tertiary/aromatic N) is 3. The predicted molar refractivity (Wildman–Crippen MR) is 106 cm³/mol. The average Bonchev–Trinajstić information content (AvgIpc) is 2.67. The Labute approximate surface area is 162 Å². The van der Waals surface area contributed by atoms with Crippen molar-refractivity contribution in [3.8, 4) is 0 Å². The lowest BCUT2D eigenvalue weighted by Crippen LogP contribution is -2.47. The molecule has 0 unspecified atom stereocenters. The summed E-state index contributed by atoms with van der Waals surface area (Å²) in [5, 5.41) is 15.6. The molecule has 0 aromatic rings. The lowest BCUT2D eigenvalue weighted by Gasteiger charge is -2.35. The van der Waals surface area contributed by atoms with Crippen molar-refractivity contribution in [3.63, 3.8) is 0 Å². The third-order valence-corrected chi connectivity index (χ3v) is 4.91. The lowest BCUT2D eigenvalue weighted by molar-refractivity contribution is -0.134. The smallest absolute Gasteiger partial charge is 0.328 e. The van der Waals surface area contributed by atoms with Crippen molar-refractivity contribution in [1.82, 2.24) is 14.7 Å². The van der Waals surface area contributed by atoms with Crippen LogP contribution >= 0.6 is 0 Å². The van der Waals surface area contributed by atoms with Crippen molar-refractivity contribution < 1.29 is 19.8 Å². The van der Waals surface area contributed by atoms with Crippen LogP contribution in [0.2, 0.25) is 0 Å². The highest BCUT2D eigenvalue weighted by atomic mass is 16.4. The number of hydrogen-bond acceptors (Lipinski definition) is 6. The summed E-state index contributed by atoms with van der Waals surface area (Å²) in [7, 11) is 0. The van der Waals surface area contributed by atoms with Gasteiger partial charge in [-0.05, 0) is 65.0 Å². The molecule has 0 aromatic carbocycles. The maximum atomic E-state index is 9.55. The van der Waals surface area contributed by atoms with Crippen LogP contribution in [0.15, 0.2) is 12.2 Å². The minimum absolute atomic E-state index is 0.558. The third-order valence-electron chi connectivity index (χ3n) is 4.91. The minimum Gasteiger partial charge on any atom is -0.478 e. The zero-order valence-corrected chi connectivity index (χ0v) is 16.4. The highest BCUT2D eigenvalue weighted by molar-refractivity contribution is 5.89. The average molecular weight is 385 g/mol. The monoisotopic (exact) mass is 384 g/mol. The third kappa shape index (κ3) is 12.5. The molecule has 0 atom stereocenters. The standard InChI is InChI=1S/C15H32N4.C4H4O4/c16-6-4-9-18-12-14-19(15-13-18)11-5-10-17-7-2-1-3-8-17;5-3(6)1-2-4(7)8/h1-16H2;1-2H,(H,5,6)(H,7,8)/b;2-1+. The lowest BCUT2D eigenvalue weighted by atomic mass is 10.1. The van der Waals surface area contributed by atoms with E-state index in [9.17, 15) is 9.59 Å². The van der Waals surface area contributed by atoms with Crippen LogP contribution in [0.25, 0.3) is 0 Å². The molecule has 27 heavy (non-hydrogen) atoms. The summed E-state index contributed by atoms with van der Waals surface area (Å²) in [5.41, 5.74) is 5.57. The molecule has 0 amide bonds. The Hall–Kier alpha value is -1.48. The second kappa shape index (κ2) is 14.6. The van der Waals surface area contributed by atoms with Gasteiger partial charge in [-0.15, -0.1) is 0 Å². The van der Waals surface area contributed by atoms with E-state index in [1.54, 1.807) is 0 Å². The first-order chi connectivity index (χ1) is 13.0. The van der Waals surface area contributed by atoms with Gasteiger partial charge < -0.3 is 30.6 Å². The molecule has 4 N–H and O–H groups in total. The van der Waals surface area contributed by atoms with E-state index in [1.807, 2.05) is 0 Å². The van der Waals surface area contributed by atoms with Gasteiger partial charge in [-0.2, -0.15) is 0 Å². The maximum absolute atomic E-state index is 9.55. The van der Waals surface area contributed by atoms with E-state index in [0.717, 1.165) is 13.0 Å². The van der Waals surface area contributed by atoms with Gasteiger partial charge in [-0.25, -0.2) is 9.59 Å². The zero-order chi connectivity index (χ0) is 19.9. The fourth-order valence-electron chi connectivity index (χ4n) is 3.39. The quantitative estimate of drug-likeness (QED) is 0.494. The highest BCUT2D eigenvalue weighted by Crippen LogP contribution is 2.09. The summed E-state index contributed by atoms with van der Waals surface area (Å²) in [4.78, 5) is 27.0. The van der Waals surface area contributed by atoms with E-state index in [1.165, 1.54) is 84.6 Å². The van der Waals surface area contributed by atoms with Crippen LogP contribution < -0.4 is 5.73 Å². The van der Waals surface area contributed by atoms with Crippen LogP contribution in [0.5, 0.6) is 0 Å². The van der Waals surface area contributed by atoms with Gasteiger partial charge in [-0.3, -0.25) is 0 Å². The molecule has 2 aliphatic heterocycles. The minimum atomic E-state index is -1.26. The largest absolute Gasteiger partial charge is 0.478 e. The number of carboxylic acid groups (broad SMARTS) is 2. The fraction of sp³-hybridized carbons (Fsp3) is 0.789. The van der Waals surface area contributed by atoms with Crippen molar-refractivity contribution >= 4 is 11.9 Å². The molecule has 0 saturated carbocycles. The Morgan fingerprint density at radius 2 is 1.11 bits per heavy atom. The summed E-state index contributed by atoms with van der Waals surface area (Å²) in [6, 6.07) is 0. The topological polar surface area (TPSA) is 110 Å². The van der Waals surface area contributed by atoms with Crippen LogP contribution in [0.4, 0.5) is 0 Å². The zero-order valence-electron chi connectivity index (χ0n) is 16.4.